The quantitative estimate of drug-likeness (QED) is 0.426. The molecule has 2 N–H and O–H groups in total. The van der Waals surface area contributed by atoms with Gasteiger partial charge in [-0.25, -0.2) is 4.98 Å². The summed E-state index contributed by atoms with van der Waals surface area (Å²) in [4.78, 5) is 15.0. The van der Waals surface area contributed by atoms with Crippen LogP contribution >= 0.6 is 11.3 Å². The van der Waals surface area contributed by atoms with Crippen LogP contribution in [0.5, 0.6) is 5.75 Å². The number of fused-ring (bicyclic) bond motifs is 4. The molecule has 8 nitrogen and oxygen atoms in total. The first-order valence-corrected chi connectivity index (χ1v) is 12.2. The van der Waals surface area contributed by atoms with Crippen LogP contribution < -0.4 is 25.2 Å². The molecule has 2 aliphatic rings. The first kappa shape index (κ1) is 21.0. The maximum atomic E-state index is 6.05. The number of aromatic nitrogens is 2. The molecule has 4 heterocycles. The van der Waals surface area contributed by atoms with Gasteiger partial charge in [-0.3, -0.25) is 0 Å². The fourth-order valence-electron chi connectivity index (χ4n) is 4.47. The van der Waals surface area contributed by atoms with Crippen molar-refractivity contribution in [3.63, 3.8) is 0 Å². The summed E-state index contributed by atoms with van der Waals surface area (Å²) >= 11 is 1.60. The van der Waals surface area contributed by atoms with Crippen molar-refractivity contribution in [2.45, 2.75) is 6.04 Å². The smallest absolute Gasteiger partial charge is 0.230 e. The third-order valence-corrected chi connectivity index (χ3v) is 6.95. The van der Waals surface area contributed by atoms with Crippen molar-refractivity contribution in [1.82, 2.24) is 9.97 Å². The zero-order chi connectivity index (χ0) is 23.1. The van der Waals surface area contributed by atoms with Gasteiger partial charge < -0.3 is 29.9 Å². The highest BCUT2D eigenvalue weighted by molar-refractivity contribution is 7.16. The average Bonchev–Trinajstić information content (AvgIpc) is 3.33. The molecule has 34 heavy (non-hydrogen) atoms. The summed E-state index contributed by atoms with van der Waals surface area (Å²) in [6, 6.07) is 16.7. The first-order chi connectivity index (χ1) is 16.7. The van der Waals surface area contributed by atoms with Gasteiger partial charge in [0.2, 0.25) is 5.95 Å². The molecule has 2 aliphatic heterocycles. The second-order valence-electron chi connectivity index (χ2n) is 8.61. The molecule has 0 aliphatic carbocycles. The Balaban J connectivity index is 1.31. The van der Waals surface area contributed by atoms with Crippen molar-refractivity contribution >= 4 is 56.1 Å². The number of para-hydroxylation sites is 2. The van der Waals surface area contributed by atoms with Gasteiger partial charge in [-0.05, 0) is 35.7 Å². The van der Waals surface area contributed by atoms with Crippen LogP contribution in [0.1, 0.15) is 0 Å². The third kappa shape index (κ3) is 3.86. The number of nitrogens with zero attached hydrogens (tertiary/aromatic N) is 4. The molecule has 174 valence electrons. The van der Waals surface area contributed by atoms with Crippen LogP contribution in [-0.4, -0.2) is 56.5 Å². The topological polar surface area (TPSA) is 74.8 Å². The lowest BCUT2D eigenvalue weighted by molar-refractivity contribution is 0.0705. The summed E-state index contributed by atoms with van der Waals surface area (Å²) in [6.45, 7) is 2.97. The van der Waals surface area contributed by atoms with Crippen molar-refractivity contribution in [2.75, 3.05) is 60.9 Å². The number of benzene rings is 2. The van der Waals surface area contributed by atoms with Crippen LogP contribution in [0.3, 0.4) is 0 Å². The summed E-state index contributed by atoms with van der Waals surface area (Å²) in [6.07, 6.45) is 0. The van der Waals surface area contributed by atoms with E-state index in [1.165, 1.54) is 0 Å². The molecular weight excluding hydrogens is 448 g/mol. The number of hydrogen-bond acceptors (Lipinski definition) is 9. The summed E-state index contributed by atoms with van der Waals surface area (Å²) in [7, 11) is 4.07. The molecule has 1 fully saturated rings. The number of anilines is 6. The second-order valence-corrected chi connectivity index (χ2v) is 9.51. The lowest BCUT2D eigenvalue weighted by Crippen LogP contribution is -2.51. The highest BCUT2D eigenvalue weighted by Crippen LogP contribution is 2.38. The summed E-state index contributed by atoms with van der Waals surface area (Å²) in [5.41, 5.74) is 4.09. The molecule has 1 atom stereocenters. The summed E-state index contributed by atoms with van der Waals surface area (Å²) < 4.78 is 11.7. The van der Waals surface area contributed by atoms with Gasteiger partial charge in [0, 0.05) is 32.4 Å². The van der Waals surface area contributed by atoms with Crippen LogP contribution in [0.15, 0.2) is 53.9 Å². The predicted molar refractivity (Wildman–Crippen MR) is 139 cm³/mol. The Hall–Kier alpha value is -3.56. The molecule has 2 aromatic heterocycles. The predicted octanol–water partition coefficient (Wildman–Crippen LogP) is 4.84. The van der Waals surface area contributed by atoms with E-state index in [-0.39, 0.29) is 6.04 Å². The van der Waals surface area contributed by atoms with E-state index in [1.54, 1.807) is 11.3 Å². The van der Waals surface area contributed by atoms with Crippen molar-refractivity contribution in [1.29, 1.82) is 0 Å². The molecule has 1 unspecified atom stereocenters. The van der Waals surface area contributed by atoms with Crippen LogP contribution in [0, 0.1) is 0 Å². The van der Waals surface area contributed by atoms with E-state index in [4.69, 9.17) is 19.4 Å². The molecule has 4 aromatic rings. The Labute approximate surface area is 202 Å². The Kier molecular flexibility index (Phi) is 5.35. The lowest BCUT2D eigenvalue weighted by Gasteiger charge is -2.41. The van der Waals surface area contributed by atoms with Gasteiger partial charge in [0.1, 0.15) is 23.0 Å². The third-order valence-electron chi connectivity index (χ3n) is 6.15. The Morgan fingerprint density at radius 2 is 1.97 bits per heavy atom. The van der Waals surface area contributed by atoms with Gasteiger partial charge in [-0.15, -0.1) is 11.3 Å². The zero-order valence-electron chi connectivity index (χ0n) is 19.1. The number of hydrogen-bond donors (Lipinski definition) is 2. The molecule has 0 spiro atoms. The van der Waals surface area contributed by atoms with E-state index in [0.717, 1.165) is 57.7 Å². The van der Waals surface area contributed by atoms with Gasteiger partial charge >= 0.3 is 0 Å². The normalized spacial score (nSPS) is 17.0. The first-order valence-electron chi connectivity index (χ1n) is 11.3. The number of morpholine rings is 1. The number of thiophene rings is 1. The van der Waals surface area contributed by atoms with E-state index in [9.17, 15) is 0 Å². The average molecular weight is 475 g/mol. The lowest BCUT2D eigenvalue weighted by atomic mass is 10.1. The maximum Gasteiger partial charge on any atom is 0.230 e. The standard InChI is InChI=1S/C25H26N6O2S/c1-30(2)20-6-4-3-5-19(20)27-23-18-9-12-34-24(18)29-25(28-23)26-16-7-8-21-22(13-16)33-15-17-14-32-11-10-31(17)21/h3-9,12-13,17H,10-11,14-15H2,1-2H3,(H2,26,27,28,29). The van der Waals surface area contributed by atoms with Crippen LogP contribution in [-0.2, 0) is 4.74 Å². The minimum Gasteiger partial charge on any atom is -0.489 e. The van der Waals surface area contributed by atoms with Crippen LogP contribution in [0.25, 0.3) is 10.2 Å². The Morgan fingerprint density at radius 1 is 1.06 bits per heavy atom. The SMILES string of the molecule is CN(C)c1ccccc1Nc1nc(Nc2ccc3c(c2)OCC2COCCN32)nc2sccc12. The fraction of sp³-hybridized carbons (Fsp3) is 0.280. The van der Waals surface area contributed by atoms with E-state index in [2.05, 4.69) is 50.8 Å². The van der Waals surface area contributed by atoms with Crippen molar-refractivity contribution in [3.05, 3.63) is 53.9 Å². The molecule has 2 aromatic carbocycles. The molecule has 9 heteroatoms. The number of rotatable bonds is 5. The molecule has 6 rings (SSSR count). The van der Waals surface area contributed by atoms with Gasteiger partial charge in [-0.1, -0.05) is 12.1 Å². The van der Waals surface area contributed by atoms with Crippen LogP contribution in [0.2, 0.25) is 0 Å². The van der Waals surface area contributed by atoms with E-state index in [0.29, 0.717) is 19.2 Å². The fourth-order valence-corrected chi connectivity index (χ4v) is 5.24. The Morgan fingerprint density at radius 3 is 2.88 bits per heavy atom. The van der Waals surface area contributed by atoms with Gasteiger partial charge in [-0.2, -0.15) is 4.98 Å². The molecule has 0 amide bonds. The van der Waals surface area contributed by atoms with Gasteiger partial charge in [0.05, 0.1) is 41.7 Å². The molecular formula is C25H26N6O2S. The highest BCUT2D eigenvalue weighted by Gasteiger charge is 2.30. The molecule has 0 bridgehead atoms. The number of nitrogens with one attached hydrogen (secondary N) is 2. The van der Waals surface area contributed by atoms with E-state index < -0.39 is 0 Å². The van der Waals surface area contributed by atoms with Crippen molar-refractivity contribution in [2.24, 2.45) is 0 Å². The maximum absolute atomic E-state index is 6.05. The summed E-state index contributed by atoms with van der Waals surface area (Å²) in [5, 5.41) is 9.94. The zero-order valence-corrected chi connectivity index (χ0v) is 19.9. The van der Waals surface area contributed by atoms with E-state index in [1.807, 2.05) is 37.7 Å². The van der Waals surface area contributed by atoms with E-state index >= 15 is 0 Å². The number of ether oxygens (including phenoxy) is 2. The van der Waals surface area contributed by atoms with Gasteiger partial charge in [0.15, 0.2) is 0 Å². The molecule has 0 radical (unpaired) electrons. The molecule has 0 saturated carbocycles. The van der Waals surface area contributed by atoms with Gasteiger partial charge in [0.25, 0.3) is 0 Å². The monoisotopic (exact) mass is 474 g/mol. The van der Waals surface area contributed by atoms with Crippen molar-refractivity contribution in [3.8, 4) is 5.75 Å². The Bertz CT molecular complexity index is 1340. The summed E-state index contributed by atoms with van der Waals surface area (Å²) in [5.74, 6) is 2.19. The second kappa shape index (κ2) is 8.66. The molecule has 1 saturated heterocycles. The van der Waals surface area contributed by atoms with Crippen molar-refractivity contribution < 1.29 is 9.47 Å². The van der Waals surface area contributed by atoms with Crippen LogP contribution in [0.4, 0.5) is 34.5 Å². The highest BCUT2D eigenvalue weighted by atomic mass is 32.1. The minimum absolute atomic E-state index is 0.281. The largest absolute Gasteiger partial charge is 0.489 e. The minimum atomic E-state index is 0.281.